The van der Waals surface area contributed by atoms with Crippen LogP contribution in [0.2, 0.25) is 5.02 Å². The quantitative estimate of drug-likeness (QED) is 0.490. The highest BCUT2D eigenvalue weighted by atomic mass is 35.5. The third kappa shape index (κ3) is 4.25. The van der Waals surface area contributed by atoms with Crippen molar-refractivity contribution in [3.05, 3.63) is 40.1 Å². The van der Waals surface area contributed by atoms with Crippen LogP contribution in [0.3, 0.4) is 0 Å². The van der Waals surface area contributed by atoms with E-state index in [2.05, 4.69) is 0 Å². The van der Waals surface area contributed by atoms with Crippen molar-refractivity contribution in [2.24, 2.45) is 0 Å². The molecule has 0 heterocycles. The lowest BCUT2D eigenvalue weighted by Gasteiger charge is -2.35. The van der Waals surface area contributed by atoms with E-state index in [-0.39, 0.29) is 18.8 Å². The average molecular weight is 340 g/mol. The predicted octanol–water partition coefficient (Wildman–Crippen LogP) is 1.52. The first kappa shape index (κ1) is 18.5. The number of hydrogen-bond acceptors (Lipinski definition) is 6. The summed E-state index contributed by atoms with van der Waals surface area (Å²) in [5.74, 6) is 0. The SMILES string of the molecule is CCOP(=O)(OCC)[C@](O)(C[NH+]([O-])O)c1ccc(Cl)cc1. The summed E-state index contributed by atoms with van der Waals surface area (Å²) < 4.78 is 23.1. The van der Waals surface area contributed by atoms with Crippen molar-refractivity contribution in [2.45, 2.75) is 19.2 Å². The third-order valence-electron chi connectivity index (χ3n) is 2.76. The minimum absolute atomic E-state index is 0.00674. The van der Waals surface area contributed by atoms with E-state index in [1.165, 1.54) is 24.3 Å². The Bertz CT molecular complexity index is 487. The summed E-state index contributed by atoms with van der Waals surface area (Å²) in [6, 6.07) is 5.73. The molecule has 2 atom stereocenters. The Kier molecular flexibility index (Phi) is 6.77. The Balaban J connectivity index is 3.36. The monoisotopic (exact) mass is 339 g/mol. The predicted molar refractivity (Wildman–Crippen MR) is 77.2 cm³/mol. The third-order valence-corrected chi connectivity index (χ3v) is 5.53. The highest BCUT2D eigenvalue weighted by Crippen LogP contribution is 2.63. The second kappa shape index (κ2) is 7.67. The molecule has 0 fully saturated rings. The standard InChI is InChI=1S/C12H19ClNO6P/c1-3-19-21(18,20-4-2)12(15,9-14(16)17)10-5-7-11(13)8-6-10/h5-8,14-16H,3-4,9H2,1-2H3/t12-/m1/s1. The van der Waals surface area contributed by atoms with Crippen molar-refractivity contribution < 1.29 is 29.2 Å². The van der Waals surface area contributed by atoms with E-state index in [4.69, 9.17) is 25.9 Å². The van der Waals surface area contributed by atoms with Gasteiger partial charge in [-0.3, -0.25) is 4.57 Å². The summed E-state index contributed by atoms with van der Waals surface area (Å²) >= 11 is 5.77. The van der Waals surface area contributed by atoms with Gasteiger partial charge in [0, 0.05) is 10.6 Å². The van der Waals surface area contributed by atoms with Crippen molar-refractivity contribution in [1.82, 2.24) is 0 Å². The first-order valence-corrected chi connectivity index (χ1v) is 8.30. The van der Waals surface area contributed by atoms with E-state index in [0.717, 1.165) is 0 Å². The number of nitrogens with one attached hydrogen (secondary N) is 1. The van der Waals surface area contributed by atoms with Crippen LogP contribution in [0.1, 0.15) is 19.4 Å². The Labute approximate surface area is 128 Å². The number of benzene rings is 1. The average Bonchev–Trinajstić information content (AvgIpc) is 2.39. The van der Waals surface area contributed by atoms with Crippen LogP contribution in [0.4, 0.5) is 0 Å². The number of aliphatic hydroxyl groups is 1. The molecule has 0 radical (unpaired) electrons. The van der Waals surface area contributed by atoms with Gasteiger partial charge in [-0.25, -0.2) is 10.4 Å². The molecule has 0 spiro atoms. The summed E-state index contributed by atoms with van der Waals surface area (Å²) in [7, 11) is -4.10. The van der Waals surface area contributed by atoms with Crippen LogP contribution in [0.15, 0.2) is 24.3 Å². The molecule has 0 amide bonds. The maximum absolute atomic E-state index is 12.9. The zero-order chi connectivity index (χ0) is 16.1. The number of hydroxylamine groups is 2. The topological polar surface area (TPSA) is 103 Å². The molecule has 120 valence electrons. The molecule has 1 aromatic carbocycles. The van der Waals surface area contributed by atoms with Crippen LogP contribution in [0.25, 0.3) is 0 Å². The summed E-state index contributed by atoms with van der Waals surface area (Å²) in [4.78, 5) is 0. The van der Waals surface area contributed by atoms with Crippen molar-refractivity contribution in [1.29, 1.82) is 0 Å². The lowest BCUT2D eigenvalue weighted by Crippen LogP contribution is -3.06. The number of halogens is 1. The van der Waals surface area contributed by atoms with Gasteiger partial charge in [-0.05, 0) is 26.0 Å². The molecule has 7 nitrogen and oxygen atoms in total. The molecule has 0 aliphatic heterocycles. The fraction of sp³-hybridized carbons (Fsp3) is 0.500. The Morgan fingerprint density at radius 2 is 1.76 bits per heavy atom. The van der Waals surface area contributed by atoms with Crippen LogP contribution in [0, 0.1) is 5.21 Å². The van der Waals surface area contributed by atoms with E-state index in [0.29, 0.717) is 5.02 Å². The van der Waals surface area contributed by atoms with Crippen molar-refractivity contribution in [2.75, 3.05) is 19.8 Å². The molecular formula is C12H19ClNO6P. The van der Waals surface area contributed by atoms with E-state index in [1.54, 1.807) is 13.8 Å². The Morgan fingerprint density at radius 1 is 1.29 bits per heavy atom. The molecule has 1 rings (SSSR count). The molecule has 0 aromatic heterocycles. The first-order chi connectivity index (χ1) is 9.79. The molecule has 1 aromatic rings. The van der Waals surface area contributed by atoms with E-state index in [9.17, 15) is 14.9 Å². The van der Waals surface area contributed by atoms with Gasteiger partial charge >= 0.3 is 7.60 Å². The lowest BCUT2D eigenvalue weighted by atomic mass is 10.1. The Morgan fingerprint density at radius 3 is 2.14 bits per heavy atom. The van der Waals surface area contributed by atoms with Gasteiger partial charge in [0.25, 0.3) is 0 Å². The molecule has 0 saturated carbocycles. The molecule has 1 unspecified atom stereocenters. The second-order valence-electron chi connectivity index (χ2n) is 4.23. The Hall–Kier alpha value is -0.500. The minimum atomic E-state index is -4.10. The highest BCUT2D eigenvalue weighted by Gasteiger charge is 2.53. The number of hydrogen-bond donors (Lipinski definition) is 3. The summed E-state index contributed by atoms with van der Waals surface area (Å²) in [6.45, 7) is 2.36. The zero-order valence-electron chi connectivity index (χ0n) is 11.8. The van der Waals surface area contributed by atoms with E-state index >= 15 is 0 Å². The summed E-state index contributed by atoms with van der Waals surface area (Å²) in [5.41, 5.74) is 0.111. The molecule has 21 heavy (non-hydrogen) atoms. The van der Waals surface area contributed by atoms with Crippen molar-refractivity contribution in [3.8, 4) is 0 Å². The smallest absolute Gasteiger partial charge is 0.372 e. The van der Waals surface area contributed by atoms with Crippen LogP contribution < -0.4 is 5.23 Å². The number of rotatable bonds is 8. The van der Waals surface area contributed by atoms with Gasteiger partial charge in [-0.2, -0.15) is 0 Å². The molecule has 0 bridgehead atoms. The van der Waals surface area contributed by atoms with Crippen LogP contribution in [-0.2, 0) is 19.0 Å². The molecule has 0 aliphatic carbocycles. The van der Waals surface area contributed by atoms with Crippen LogP contribution >= 0.6 is 19.2 Å². The molecular weight excluding hydrogens is 321 g/mol. The maximum Gasteiger partial charge on any atom is 0.372 e. The second-order valence-corrected chi connectivity index (χ2v) is 6.91. The highest BCUT2D eigenvalue weighted by molar-refractivity contribution is 7.55. The van der Waals surface area contributed by atoms with Gasteiger partial charge in [0.2, 0.25) is 5.34 Å². The molecule has 3 N–H and O–H groups in total. The van der Waals surface area contributed by atoms with Crippen LogP contribution in [-0.4, -0.2) is 30.1 Å². The van der Waals surface area contributed by atoms with E-state index < -0.39 is 24.7 Å². The van der Waals surface area contributed by atoms with E-state index in [1.807, 2.05) is 0 Å². The normalized spacial score (nSPS) is 16.5. The van der Waals surface area contributed by atoms with Crippen LogP contribution in [0.5, 0.6) is 0 Å². The van der Waals surface area contributed by atoms with Gasteiger partial charge in [-0.15, -0.1) is 0 Å². The van der Waals surface area contributed by atoms with Gasteiger partial charge in [0.1, 0.15) is 0 Å². The fourth-order valence-electron chi connectivity index (χ4n) is 1.88. The van der Waals surface area contributed by atoms with Crippen molar-refractivity contribution >= 4 is 19.2 Å². The fourth-order valence-corrected chi connectivity index (χ4v) is 3.98. The number of quaternary nitrogens is 1. The van der Waals surface area contributed by atoms with Gasteiger partial charge in [0.15, 0.2) is 6.54 Å². The molecule has 9 heteroatoms. The zero-order valence-corrected chi connectivity index (χ0v) is 13.4. The molecule has 0 saturated heterocycles. The van der Waals surface area contributed by atoms with Gasteiger partial charge in [-0.1, -0.05) is 23.7 Å². The molecule has 0 aliphatic rings. The van der Waals surface area contributed by atoms with Crippen molar-refractivity contribution in [3.63, 3.8) is 0 Å². The summed E-state index contributed by atoms with van der Waals surface area (Å²) in [6.07, 6.45) is 0. The summed E-state index contributed by atoms with van der Waals surface area (Å²) in [5, 5.41) is 27.7. The maximum atomic E-state index is 12.9. The first-order valence-electron chi connectivity index (χ1n) is 6.38. The minimum Gasteiger partial charge on any atom is -0.600 e. The van der Waals surface area contributed by atoms with Gasteiger partial charge in [0.05, 0.1) is 13.2 Å². The lowest BCUT2D eigenvalue weighted by molar-refractivity contribution is -1.05. The largest absolute Gasteiger partial charge is 0.600 e. The van der Waals surface area contributed by atoms with Gasteiger partial charge < -0.3 is 19.4 Å².